The molecule has 0 saturated carbocycles. The predicted octanol–water partition coefficient (Wildman–Crippen LogP) is 2.60. The number of rotatable bonds is 6. The predicted molar refractivity (Wildman–Crippen MR) is 82.7 cm³/mol. The third-order valence-corrected chi connectivity index (χ3v) is 3.82. The van der Waals surface area contributed by atoms with Gasteiger partial charge >= 0.3 is 0 Å². The van der Waals surface area contributed by atoms with E-state index in [0.29, 0.717) is 5.92 Å². The molecule has 0 aliphatic heterocycles. The van der Waals surface area contributed by atoms with Crippen LogP contribution in [0.25, 0.3) is 11.0 Å². The first-order valence-electron chi connectivity index (χ1n) is 7.31. The van der Waals surface area contributed by atoms with Crippen molar-refractivity contribution < 1.29 is 4.74 Å². The third kappa shape index (κ3) is 2.86. The van der Waals surface area contributed by atoms with Crippen LogP contribution in [0.2, 0.25) is 0 Å². The molecule has 20 heavy (non-hydrogen) atoms. The van der Waals surface area contributed by atoms with Gasteiger partial charge in [0, 0.05) is 26.1 Å². The lowest BCUT2D eigenvalue weighted by molar-refractivity contribution is 0.0435. The van der Waals surface area contributed by atoms with Crippen molar-refractivity contribution in [2.45, 2.75) is 45.9 Å². The summed E-state index contributed by atoms with van der Waals surface area (Å²) in [6.45, 7) is 7.31. The van der Waals surface area contributed by atoms with Crippen molar-refractivity contribution in [3.63, 3.8) is 0 Å². The average Bonchev–Trinajstić information content (AvgIpc) is 2.75. The summed E-state index contributed by atoms with van der Waals surface area (Å²) in [6.07, 6.45) is 0.791. The third-order valence-electron chi connectivity index (χ3n) is 3.82. The second-order valence-electron chi connectivity index (χ2n) is 5.57. The van der Waals surface area contributed by atoms with Gasteiger partial charge in [-0.3, -0.25) is 0 Å². The average molecular weight is 275 g/mol. The van der Waals surface area contributed by atoms with Crippen molar-refractivity contribution >= 4 is 11.0 Å². The van der Waals surface area contributed by atoms with Crippen LogP contribution in [0.4, 0.5) is 0 Å². The van der Waals surface area contributed by atoms with Crippen molar-refractivity contribution in [1.29, 1.82) is 0 Å². The molecule has 2 N–H and O–H groups in total. The van der Waals surface area contributed by atoms with E-state index in [9.17, 15) is 0 Å². The molecule has 0 aliphatic carbocycles. The first-order valence-corrected chi connectivity index (χ1v) is 7.31. The molecule has 1 aromatic heterocycles. The van der Waals surface area contributed by atoms with Gasteiger partial charge in [-0.25, -0.2) is 4.98 Å². The molecular formula is C16H25N3O. The summed E-state index contributed by atoms with van der Waals surface area (Å²) in [4.78, 5) is 4.73. The minimum Gasteiger partial charge on any atom is -0.380 e. The van der Waals surface area contributed by atoms with Gasteiger partial charge in [-0.1, -0.05) is 26.0 Å². The Morgan fingerprint density at radius 1 is 1.30 bits per heavy atom. The fourth-order valence-electron chi connectivity index (χ4n) is 2.90. The second kappa shape index (κ2) is 6.37. The van der Waals surface area contributed by atoms with Crippen LogP contribution in [0.5, 0.6) is 0 Å². The summed E-state index contributed by atoms with van der Waals surface area (Å²) >= 11 is 0. The minimum atomic E-state index is -0.0397. The highest BCUT2D eigenvalue weighted by molar-refractivity contribution is 5.75. The fourth-order valence-corrected chi connectivity index (χ4v) is 2.90. The Morgan fingerprint density at radius 3 is 2.60 bits per heavy atom. The smallest absolute Gasteiger partial charge is 0.111 e. The van der Waals surface area contributed by atoms with Crippen molar-refractivity contribution in [2.24, 2.45) is 11.7 Å². The molecule has 2 aromatic rings. The zero-order chi connectivity index (χ0) is 14.7. The maximum Gasteiger partial charge on any atom is 0.111 e. The zero-order valence-electron chi connectivity index (χ0n) is 12.8. The standard InChI is InChI=1S/C16H25N3O/c1-5-19-14-9-7-6-8-13(14)18-15(19)10-12(17)16(20-4)11(2)3/h6-9,11-12,16H,5,10,17H2,1-4H3. The topological polar surface area (TPSA) is 53.1 Å². The normalized spacial score (nSPS) is 14.9. The van der Waals surface area contributed by atoms with Gasteiger partial charge < -0.3 is 15.0 Å². The molecule has 110 valence electrons. The number of methoxy groups -OCH3 is 1. The van der Waals surface area contributed by atoms with Crippen LogP contribution in [-0.2, 0) is 17.7 Å². The Hall–Kier alpha value is -1.39. The number of para-hydroxylation sites is 2. The molecule has 0 radical (unpaired) electrons. The monoisotopic (exact) mass is 275 g/mol. The fraction of sp³-hybridized carbons (Fsp3) is 0.562. The van der Waals surface area contributed by atoms with Gasteiger partial charge in [0.25, 0.3) is 0 Å². The Kier molecular flexibility index (Phi) is 4.78. The molecule has 2 rings (SSSR count). The lowest BCUT2D eigenvalue weighted by Gasteiger charge is -2.25. The number of nitrogens with zero attached hydrogens (tertiary/aromatic N) is 2. The zero-order valence-corrected chi connectivity index (χ0v) is 12.8. The van der Waals surface area contributed by atoms with E-state index in [1.807, 2.05) is 18.2 Å². The highest BCUT2D eigenvalue weighted by Gasteiger charge is 2.23. The molecule has 0 amide bonds. The SMILES string of the molecule is CCn1c(CC(N)C(OC)C(C)C)nc2ccccc21. The number of aryl methyl sites for hydroxylation is 1. The quantitative estimate of drug-likeness (QED) is 0.881. The lowest BCUT2D eigenvalue weighted by Crippen LogP contribution is -2.41. The minimum absolute atomic E-state index is 0.0397. The lowest BCUT2D eigenvalue weighted by atomic mass is 9.97. The summed E-state index contributed by atoms with van der Waals surface area (Å²) in [5.74, 6) is 1.44. The van der Waals surface area contributed by atoms with Gasteiger partial charge in [-0.2, -0.15) is 0 Å². The van der Waals surface area contributed by atoms with Gasteiger partial charge in [0.1, 0.15) is 5.82 Å². The van der Waals surface area contributed by atoms with E-state index in [1.54, 1.807) is 7.11 Å². The molecule has 0 spiro atoms. The van der Waals surface area contributed by atoms with Gasteiger partial charge in [0.15, 0.2) is 0 Å². The van der Waals surface area contributed by atoms with Gasteiger partial charge in [0.05, 0.1) is 17.1 Å². The van der Waals surface area contributed by atoms with Crippen LogP contribution in [-0.4, -0.2) is 28.8 Å². The first kappa shape index (κ1) is 15.0. The Balaban J connectivity index is 2.29. The van der Waals surface area contributed by atoms with Crippen molar-refractivity contribution in [3.05, 3.63) is 30.1 Å². The van der Waals surface area contributed by atoms with Crippen molar-refractivity contribution in [3.8, 4) is 0 Å². The van der Waals surface area contributed by atoms with E-state index in [4.69, 9.17) is 15.5 Å². The summed E-state index contributed by atoms with van der Waals surface area (Å²) in [7, 11) is 1.73. The Labute approximate surface area is 120 Å². The maximum atomic E-state index is 6.33. The van der Waals surface area contributed by atoms with Crippen LogP contribution >= 0.6 is 0 Å². The maximum absolute atomic E-state index is 6.33. The van der Waals surface area contributed by atoms with Crippen LogP contribution in [0.15, 0.2) is 24.3 Å². The summed E-state index contributed by atoms with van der Waals surface area (Å²) in [5.41, 5.74) is 8.54. The molecule has 2 unspecified atom stereocenters. The molecule has 1 heterocycles. The van der Waals surface area contributed by atoms with Crippen LogP contribution in [0, 0.1) is 5.92 Å². The van der Waals surface area contributed by atoms with Gasteiger partial charge in [0.2, 0.25) is 0 Å². The van der Waals surface area contributed by atoms with E-state index in [0.717, 1.165) is 24.3 Å². The Morgan fingerprint density at radius 2 is 2.00 bits per heavy atom. The van der Waals surface area contributed by atoms with Crippen LogP contribution in [0.3, 0.4) is 0 Å². The number of aromatic nitrogens is 2. The van der Waals surface area contributed by atoms with E-state index < -0.39 is 0 Å². The first-order chi connectivity index (χ1) is 9.58. The molecule has 4 heteroatoms. The van der Waals surface area contributed by atoms with Gasteiger partial charge in [-0.05, 0) is 25.0 Å². The second-order valence-corrected chi connectivity index (χ2v) is 5.57. The van der Waals surface area contributed by atoms with E-state index >= 15 is 0 Å². The number of nitrogens with two attached hydrogens (primary N) is 1. The van der Waals surface area contributed by atoms with Crippen molar-refractivity contribution in [1.82, 2.24) is 9.55 Å². The van der Waals surface area contributed by atoms with Gasteiger partial charge in [-0.15, -0.1) is 0 Å². The molecule has 2 atom stereocenters. The highest BCUT2D eigenvalue weighted by atomic mass is 16.5. The van der Waals surface area contributed by atoms with E-state index in [2.05, 4.69) is 31.4 Å². The summed E-state index contributed by atoms with van der Waals surface area (Å²) < 4.78 is 7.77. The van der Waals surface area contributed by atoms with Crippen molar-refractivity contribution in [2.75, 3.05) is 7.11 Å². The summed E-state index contributed by atoms with van der Waals surface area (Å²) in [6, 6.07) is 8.18. The highest BCUT2D eigenvalue weighted by Crippen LogP contribution is 2.19. The van der Waals surface area contributed by atoms with E-state index in [-0.39, 0.29) is 12.1 Å². The molecular weight excluding hydrogens is 250 g/mol. The summed E-state index contributed by atoms with van der Waals surface area (Å²) in [5, 5.41) is 0. The number of imidazole rings is 1. The molecule has 1 aromatic carbocycles. The molecule has 0 bridgehead atoms. The number of hydrogen-bond acceptors (Lipinski definition) is 3. The molecule has 0 fully saturated rings. The number of hydrogen-bond donors (Lipinski definition) is 1. The number of benzene rings is 1. The molecule has 0 aliphatic rings. The van der Waals surface area contributed by atoms with E-state index in [1.165, 1.54) is 5.52 Å². The van der Waals surface area contributed by atoms with Crippen LogP contribution < -0.4 is 5.73 Å². The Bertz CT molecular complexity index is 562. The number of ether oxygens (including phenoxy) is 1. The molecule has 0 saturated heterocycles. The molecule has 4 nitrogen and oxygen atoms in total. The largest absolute Gasteiger partial charge is 0.380 e. The number of fused-ring (bicyclic) bond motifs is 1. The van der Waals surface area contributed by atoms with Crippen LogP contribution in [0.1, 0.15) is 26.6 Å².